The third kappa shape index (κ3) is 2.36. The summed E-state index contributed by atoms with van der Waals surface area (Å²) < 4.78 is 5.25. The highest BCUT2D eigenvalue weighted by atomic mass is 16.5. The summed E-state index contributed by atoms with van der Waals surface area (Å²) in [6.07, 6.45) is 2.61. The van der Waals surface area contributed by atoms with E-state index in [1.165, 1.54) is 18.4 Å². The van der Waals surface area contributed by atoms with Gasteiger partial charge in [0.05, 0.1) is 7.11 Å². The lowest BCUT2D eigenvalue weighted by Gasteiger charge is -2.27. The van der Waals surface area contributed by atoms with Crippen LogP contribution in [0.15, 0.2) is 24.3 Å². The minimum absolute atomic E-state index is 0.308. The fourth-order valence-corrected chi connectivity index (χ4v) is 2.12. The van der Waals surface area contributed by atoms with Gasteiger partial charge < -0.3 is 10.5 Å². The average Bonchev–Trinajstić information content (AvgIpc) is 3.14. The van der Waals surface area contributed by atoms with E-state index < -0.39 is 0 Å². The van der Waals surface area contributed by atoms with Gasteiger partial charge in [-0.15, -0.1) is 0 Å². The molecule has 2 rings (SSSR count). The number of benzene rings is 1. The van der Waals surface area contributed by atoms with Crippen molar-refractivity contribution in [3.8, 4) is 5.75 Å². The summed E-state index contributed by atoms with van der Waals surface area (Å²) in [4.78, 5) is 2.38. The molecule has 3 heteroatoms. The van der Waals surface area contributed by atoms with Gasteiger partial charge in [-0.25, -0.2) is 0 Å². The normalized spacial score (nSPS) is 17.5. The second kappa shape index (κ2) is 4.85. The van der Waals surface area contributed by atoms with Crippen LogP contribution in [-0.2, 0) is 0 Å². The maximum absolute atomic E-state index is 5.88. The minimum atomic E-state index is 0.308. The second-order valence-electron chi connectivity index (χ2n) is 4.42. The van der Waals surface area contributed by atoms with Crippen LogP contribution in [0.1, 0.15) is 24.4 Å². The fraction of sp³-hybridized carbons (Fsp3) is 0.538. The van der Waals surface area contributed by atoms with Crippen LogP contribution >= 0.6 is 0 Å². The Morgan fingerprint density at radius 3 is 2.81 bits per heavy atom. The van der Waals surface area contributed by atoms with Crippen LogP contribution in [0, 0.1) is 0 Å². The van der Waals surface area contributed by atoms with Crippen molar-refractivity contribution in [3.05, 3.63) is 29.8 Å². The van der Waals surface area contributed by atoms with Gasteiger partial charge in [0.2, 0.25) is 0 Å². The lowest BCUT2D eigenvalue weighted by Crippen LogP contribution is -2.32. The van der Waals surface area contributed by atoms with Crippen LogP contribution in [0.4, 0.5) is 0 Å². The van der Waals surface area contributed by atoms with E-state index in [2.05, 4.69) is 24.1 Å². The lowest BCUT2D eigenvalue weighted by atomic mass is 10.1. The van der Waals surface area contributed by atoms with Gasteiger partial charge in [-0.05, 0) is 37.6 Å². The summed E-state index contributed by atoms with van der Waals surface area (Å²) in [6, 6.07) is 9.23. The molecule has 1 aromatic rings. The molecule has 0 spiro atoms. The number of likely N-dealkylation sites (N-methyl/N-ethyl adjacent to an activating group) is 1. The van der Waals surface area contributed by atoms with Crippen molar-refractivity contribution in [3.63, 3.8) is 0 Å². The molecule has 88 valence electrons. The zero-order valence-electron chi connectivity index (χ0n) is 10.0. The van der Waals surface area contributed by atoms with Crippen molar-refractivity contribution in [1.29, 1.82) is 0 Å². The van der Waals surface area contributed by atoms with Gasteiger partial charge in [-0.1, -0.05) is 12.1 Å². The van der Waals surface area contributed by atoms with Crippen molar-refractivity contribution < 1.29 is 4.74 Å². The average molecular weight is 220 g/mol. The Hall–Kier alpha value is -1.06. The molecule has 0 radical (unpaired) electrons. The van der Waals surface area contributed by atoms with Gasteiger partial charge in [0.15, 0.2) is 0 Å². The molecule has 0 heterocycles. The zero-order chi connectivity index (χ0) is 11.5. The first-order chi connectivity index (χ1) is 7.76. The molecule has 1 atom stereocenters. The first-order valence-electron chi connectivity index (χ1n) is 5.82. The quantitative estimate of drug-likeness (QED) is 0.822. The van der Waals surface area contributed by atoms with Crippen molar-refractivity contribution in [1.82, 2.24) is 4.90 Å². The molecule has 0 bridgehead atoms. The number of nitrogens with zero attached hydrogens (tertiary/aromatic N) is 1. The largest absolute Gasteiger partial charge is 0.497 e. The van der Waals surface area contributed by atoms with Crippen molar-refractivity contribution in [2.75, 3.05) is 20.7 Å². The summed E-state index contributed by atoms with van der Waals surface area (Å²) in [6.45, 7) is 0.653. The van der Waals surface area contributed by atoms with Crippen LogP contribution in [0.25, 0.3) is 0 Å². The van der Waals surface area contributed by atoms with Crippen LogP contribution in [-0.4, -0.2) is 31.6 Å². The van der Waals surface area contributed by atoms with Gasteiger partial charge in [0.1, 0.15) is 5.75 Å². The zero-order valence-corrected chi connectivity index (χ0v) is 10.0. The molecule has 1 aromatic carbocycles. The molecule has 1 fully saturated rings. The molecule has 16 heavy (non-hydrogen) atoms. The molecular weight excluding hydrogens is 200 g/mol. The van der Waals surface area contributed by atoms with Crippen LogP contribution < -0.4 is 10.5 Å². The lowest BCUT2D eigenvalue weighted by molar-refractivity contribution is 0.239. The molecule has 3 nitrogen and oxygen atoms in total. The first kappa shape index (κ1) is 11.4. The van der Waals surface area contributed by atoms with Crippen LogP contribution in [0.2, 0.25) is 0 Å². The molecule has 1 aliphatic carbocycles. The van der Waals surface area contributed by atoms with E-state index in [0.29, 0.717) is 12.6 Å². The van der Waals surface area contributed by atoms with Crippen molar-refractivity contribution in [2.24, 2.45) is 5.73 Å². The Balaban J connectivity index is 2.17. The van der Waals surface area contributed by atoms with E-state index in [1.807, 2.05) is 12.1 Å². The van der Waals surface area contributed by atoms with Gasteiger partial charge in [0, 0.05) is 18.6 Å². The maximum atomic E-state index is 5.88. The summed E-state index contributed by atoms with van der Waals surface area (Å²) >= 11 is 0. The third-order valence-corrected chi connectivity index (χ3v) is 3.32. The number of hydrogen-bond donors (Lipinski definition) is 1. The molecule has 0 saturated heterocycles. The number of nitrogens with two attached hydrogens (primary N) is 1. The highest BCUT2D eigenvalue weighted by Crippen LogP contribution is 2.33. The summed E-state index contributed by atoms with van der Waals surface area (Å²) in [7, 11) is 3.86. The molecule has 2 N–H and O–H groups in total. The number of ether oxygens (including phenoxy) is 1. The maximum Gasteiger partial charge on any atom is 0.119 e. The summed E-state index contributed by atoms with van der Waals surface area (Å²) in [5.41, 5.74) is 7.13. The monoisotopic (exact) mass is 220 g/mol. The van der Waals surface area contributed by atoms with E-state index >= 15 is 0 Å². The first-order valence-corrected chi connectivity index (χ1v) is 5.82. The summed E-state index contributed by atoms with van der Waals surface area (Å²) in [5, 5.41) is 0. The van der Waals surface area contributed by atoms with Gasteiger partial charge >= 0.3 is 0 Å². The predicted octanol–water partition coefficient (Wildman–Crippen LogP) is 1.79. The highest BCUT2D eigenvalue weighted by molar-refractivity contribution is 5.31. The third-order valence-electron chi connectivity index (χ3n) is 3.32. The highest BCUT2D eigenvalue weighted by Gasteiger charge is 2.31. The molecule has 0 aliphatic heterocycles. The minimum Gasteiger partial charge on any atom is -0.497 e. The topological polar surface area (TPSA) is 38.5 Å². The second-order valence-corrected chi connectivity index (χ2v) is 4.42. The SMILES string of the molecule is COc1cccc(C(CN)N(C)C2CC2)c1. The van der Waals surface area contributed by atoms with E-state index in [9.17, 15) is 0 Å². The van der Waals surface area contributed by atoms with E-state index in [4.69, 9.17) is 10.5 Å². The van der Waals surface area contributed by atoms with Crippen molar-refractivity contribution >= 4 is 0 Å². The molecular formula is C13H20N2O. The Kier molecular flexibility index (Phi) is 3.46. The van der Waals surface area contributed by atoms with Crippen molar-refractivity contribution in [2.45, 2.75) is 24.9 Å². The number of hydrogen-bond acceptors (Lipinski definition) is 3. The Bertz CT molecular complexity index is 350. The van der Waals surface area contributed by atoms with Crippen LogP contribution in [0.3, 0.4) is 0 Å². The molecule has 1 saturated carbocycles. The fourth-order valence-electron chi connectivity index (χ4n) is 2.12. The smallest absolute Gasteiger partial charge is 0.119 e. The van der Waals surface area contributed by atoms with Crippen LogP contribution in [0.5, 0.6) is 5.75 Å². The predicted molar refractivity (Wildman–Crippen MR) is 65.6 cm³/mol. The summed E-state index contributed by atoms with van der Waals surface area (Å²) in [5.74, 6) is 0.903. The molecule has 0 aromatic heterocycles. The number of methoxy groups -OCH3 is 1. The van der Waals surface area contributed by atoms with Gasteiger partial charge in [-0.3, -0.25) is 4.90 Å². The van der Waals surface area contributed by atoms with E-state index in [1.54, 1.807) is 7.11 Å². The molecule has 1 unspecified atom stereocenters. The Labute approximate surface area is 97.2 Å². The van der Waals surface area contributed by atoms with Gasteiger partial charge in [0.25, 0.3) is 0 Å². The van der Waals surface area contributed by atoms with E-state index in [0.717, 1.165) is 11.8 Å². The molecule has 1 aliphatic rings. The molecule has 0 amide bonds. The Morgan fingerprint density at radius 1 is 1.50 bits per heavy atom. The Morgan fingerprint density at radius 2 is 2.25 bits per heavy atom. The van der Waals surface area contributed by atoms with Gasteiger partial charge in [-0.2, -0.15) is 0 Å². The van der Waals surface area contributed by atoms with E-state index in [-0.39, 0.29) is 0 Å². The standard InChI is InChI=1S/C13H20N2O/c1-15(11-6-7-11)13(9-14)10-4-3-5-12(8-10)16-2/h3-5,8,11,13H,6-7,9,14H2,1-2H3. The number of rotatable bonds is 5.